The minimum absolute atomic E-state index is 0.0970. The zero-order valence-electron chi connectivity index (χ0n) is 11.0. The summed E-state index contributed by atoms with van der Waals surface area (Å²) in [5, 5.41) is 2.85. The lowest BCUT2D eigenvalue weighted by Gasteiger charge is -2.22. The minimum atomic E-state index is -4.46. The van der Waals surface area contributed by atoms with Crippen LogP contribution in [0.4, 0.5) is 17.6 Å². The highest BCUT2D eigenvalue weighted by Gasteiger charge is 2.35. The van der Waals surface area contributed by atoms with Crippen molar-refractivity contribution in [2.24, 2.45) is 0 Å². The summed E-state index contributed by atoms with van der Waals surface area (Å²) < 4.78 is 52.9. The number of rotatable bonds is 3. The molecule has 1 nitrogen and oxygen atoms in total. The van der Waals surface area contributed by atoms with Crippen LogP contribution in [0.25, 0.3) is 0 Å². The van der Waals surface area contributed by atoms with E-state index in [1.807, 2.05) is 0 Å². The van der Waals surface area contributed by atoms with Gasteiger partial charge in [0.2, 0.25) is 0 Å². The molecule has 6 heteroatoms. The Bertz CT molecular complexity index is 623. The Labute approximate surface area is 128 Å². The average Bonchev–Trinajstić information content (AvgIpc) is 2.42. The zero-order valence-corrected chi connectivity index (χ0v) is 12.6. The summed E-state index contributed by atoms with van der Waals surface area (Å²) in [6.07, 6.45) is -4.46. The quantitative estimate of drug-likeness (QED) is 0.765. The first-order valence-electron chi connectivity index (χ1n) is 6.12. The first-order chi connectivity index (χ1) is 9.82. The van der Waals surface area contributed by atoms with Crippen molar-refractivity contribution in [3.05, 3.63) is 69.4 Å². The maximum absolute atomic E-state index is 13.2. The van der Waals surface area contributed by atoms with E-state index in [0.29, 0.717) is 10.0 Å². The van der Waals surface area contributed by atoms with Gasteiger partial charge in [-0.05, 0) is 42.4 Å². The van der Waals surface area contributed by atoms with Gasteiger partial charge < -0.3 is 5.32 Å². The molecule has 0 saturated heterocycles. The van der Waals surface area contributed by atoms with Crippen molar-refractivity contribution in [3.8, 4) is 0 Å². The molecular formula is C15H12BrF4N. The van der Waals surface area contributed by atoms with Crippen molar-refractivity contribution < 1.29 is 17.6 Å². The summed E-state index contributed by atoms with van der Waals surface area (Å²) in [5.74, 6) is -0.430. The van der Waals surface area contributed by atoms with Crippen LogP contribution in [0.5, 0.6) is 0 Å². The summed E-state index contributed by atoms with van der Waals surface area (Å²) in [6.45, 7) is 0. The molecule has 21 heavy (non-hydrogen) atoms. The van der Waals surface area contributed by atoms with Gasteiger partial charge in [-0.1, -0.05) is 34.1 Å². The highest BCUT2D eigenvalue weighted by atomic mass is 79.9. The van der Waals surface area contributed by atoms with Crippen LogP contribution in [0.1, 0.15) is 22.7 Å². The van der Waals surface area contributed by atoms with Crippen LogP contribution in [0.15, 0.2) is 46.9 Å². The molecule has 1 N–H and O–H groups in total. The van der Waals surface area contributed by atoms with Crippen molar-refractivity contribution in [2.45, 2.75) is 12.2 Å². The van der Waals surface area contributed by atoms with Crippen molar-refractivity contribution in [1.82, 2.24) is 5.32 Å². The van der Waals surface area contributed by atoms with Crippen LogP contribution < -0.4 is 5.32 Å². The fourth-order valence-electron chi connectivity index (χ4n) is 2.18. The molecule has 0 aliphatic carbocycles. The molecule has 112 valence electrons. The van der Waals surface area contributed by atoms with E-state index >= 15 is 0 Å². The van der Waals surface area contributed by atoms with Gasteiger partial charge in [0.15, 0.2) is 0 Å². The highest BCUT2D eigenvalue weighted by Crippen LogP contribution is 2.38. The van der Waals surface area contributed by atoms with Gasteiger partial charge in [-0.3, -0.25) is 0 Å². The minimum Gasteiger partial charge on any atom is -0.309 e. The van der Waals surface area contributed by atoms with Crippen molar-refractivity contribution >= 4 is 15.9 Å². The summed E-state index contributed by atoms with van der Waals surface area (Å²) >= 11 is 3.06. The number of nitrogens with one attached hydrogen (secondary N) is 1. The third-order valence-corrected chi connectivity index (χ3v) is 3.62. The topological polar surface area (TPSA) is 12.0 Å². The van der Waals surface area contributed by atoms with Crippen LogP contribution in [-0.4, -0.2) is 7.05 Å². The SMILES string of the molecule is CNC(c1ccc(F)cc1)c1ccc(Br)cc1C(F)(F)F. The van der Waals surface area contributed by atoms with Crippen LogP contribution in [-0.2, 0) is 6.18 Å². The lowest BCUT2D eigenvalue weighted by Crippen LogP contribution is -2.22. The smallest absolute Gasteiger partial charge is 0.309 e. The van der Waals surface area contributed by atoms with E-state index in [-0.39, 0.29) is 5.56 Å². The molecule has 1 unspecified atom stereocenters. The first-order valence-corrected chi connectivity index (χ1v) is 6.91. The third kappa shape index (κ3) is 3.63. The molecule has 0 fully saturated rings. The fraction of sp³-hybridized carbons (Fsp3) is 0.200. The lowest BCUT2D eigenvalue weighted by molar-refractivity contribution is -0.138. The largest absolute Gasteiger partial charge is 0.416 e. The Morgan fingerprint density at radius 3 is 2.19 bits per heavy atom. The van der Waals surface area contributed by atoms with Crippen LogP contribution in [0.3, 0.4) is 0 Å². The predicted molar refractivity (Wildman–Crippen MR) is 76.4 cm³/mol. The Hall–Kier alpha value is -1.40. The lowest BCUT2D eigenvalue weighted by atomic mass is 9.94. The molecule has 2 aromatic carbocycles. The van der Waals surface area contributed by atoms with Crippen molar-refractivity contribution in [2.75, 3.05) is 7.05 Å². The van der Waals surface area contributed by atoms with Crippen LogP contribution in [0.2, 0.25) is 0 Å². The maximum Gasteiger partial charge on any atom is 0.416 e. The zero-order chi connectivity index (χ0) is 15.6. The molecule has 0 spiro atoms. The number of hydrogen-bond donors (Lipinski definition) is 1. The van der Waals surface area contributed by atoms with Crippen LogP contribution >= 0.6 is 15.9 Å². The highest BCUT2D eigenvalue weighted by molar-refractivity contribution is 9.10. The van der Waals surface area contributed by atoms with Gasteiger partial charge in [0.25, 0.3) is 0 Å². The number of alkyl halides is 3. The maximum atomic E-state index is 13.2. The Morgan fingerprint density at radius 2 is 1.67 bits per heavy atom. The normalized spacial score (nSPS) is 13.2. The summed E-state index contributed by atoms with van der Waals surface area (Å²) in [6, 6.07) is 8.74. The summed E-state index contributed by atoms with van der Waals surface area (Å²) in [4.78, 5) is 0. The molecule has 0 heterocycles. The molecule has 2 aromatic rings. The number of halogens is 5. The average molecular weight is 362 g/mol. The van der Waals surface area contributed by atoms with Gasteiger partial charge in [-0.25, -0.2) is 4.39 Å². The number of hydrogen-bond acceptors (Lipinski definition) is 1. The van der Waals surface area contributed by atoms with Crippen molar-refractivity contribution in [1.29, 1.82) is 0 Å². The van der Waals surface area contributed by atoms with Crippen molar-refractivity contribution in [3.63, 3.8) is 0 Å². The Morgan fingerprint density at radius 1 is 1.05 bits per heavy atom. The fourth-order valence-corrected chi connectivity index (χ4v) is 2.54. The van der Waals surface area contributed by atoms with E-state index in [9.17, 15) is 17.6 Å². The van der Waals surface area contributed by atoms with Crippen LogP contribution in [0, 0.1) is 5.82 Å². The van der Waals surface area contributed by atoms with Gasteiger partial charge in [-0.15, -0.1) is 0 Å². The van der Waals surface area contributed by atoms with E-state index < -0.39 is 23.6 Å². The molecule has 1 atom stereocenters. The molecule has 0 saturated carbocycles. The molecule has 0 amide bonds. The Balaban J connectivity index is 2.55. The van der Waals surface area contributed by atoms with E-state index in [4.69, 9.17) is 0 Å². The molecule has 0 aliphatic heterocycles. The molecule has 2 rings (SSSR count). The van der Waals surface area contributed by atoms with Gasteiger partial charge in [0.1, 0.15) is 5.82 Å². The van der Waals surface area contributed by atoms with Gasteiger partial charge in [0, 0.05) is 4.47 Å². The van der Waals surface area contributed by atoms with Gasteiger partial charge in [0.05, 0.1) is 11.6 Å². The van der Waals surface area contributed by atoms with Gasteiger partial charge in [-0.2, -0.15) is 13.2 Å². The second kappa shape index (κ2) is 6.15. The molecule has 0 aliphatic rings. The molecule has 0 aromatic heterocycles. The predicted octanol–water partition coefficient (Wildman–Crippen LogP) is 4.92. The second-order valence-corrected chi connectivity index (χ2v) is 5.42. The monoisotopic (exact) mass is 361 g/mol. The van der Waals surface area contributed by atoms with E-state index in [1.54, 1.807) is 13.1 Å². The second-order valence-electron chi connectivity index (χ2n) is 4.50. The Kier molecular flexibility index (Phi) is 4.68. The first kappa shape index (κ1) is 16.0. The third-order valence-electron chi connectivity index (χ3n) is 3.12. The van der Waals surface area contributed by atoms with E-state index in [2.05, 4.69) is 21.2 Å². The molecule has 0 bridgehead atoms. The van der Waals surface area contributed by atoms with Gasteiger partial charge >= 0.3 is 6.18 Å². The summed E-state index contributed by atoms with van der Waals surface area (Å²) in [7, 11) is 1.57. The number of benzene rings is 2. The standard InChI is InChI=1S/C15H12BrF4N/c1-21-14(9-2-5-11(17)6-3-9)12-7-4-10(16)8-13(12)15(18,19)20/h2-8,14,21H,1H3. The molecular weight excluding hydrogens is 350 g/mol. The van der Waals surface area contributed by atoms with E-state index in [0.717, 1.165) is 6.07 Å². The van der Waals surface area contributed by atoms with E-state index in [1.165, 1.54) is 30.3 Å². The molecule has 0 radical (unpaired) electrons. The summed E-state index contributed by atoms with van der Waals surface area (Å²) in [5.41, 5.74) is -0.0629.